The summed E-state index contributed by atoms with van der Waals surface area (Å²) in [5, 5.41) is 1.23. The van der Waals surface area contributed by atoms with E-state index in [1.807, 2.05) is 0 Å². The molecule has 0 amide bonds. The molecule has 18 heavy (non-hydrogen) atoms. The predicted octanol–water partition coefficient (Wildman–Crippen LogP) is 4.66. The number of aryl methyl sites for hydroxylation is 1. The Morgan fingerprint density at radius 2 is 1.56 bits per heavy atom. The van der Waals surface area contributed by atoms with Crippen molar-refractivity contribution in [1.82, 2.24) is 0 Å². The van der Waals surface area contributed by atoms with Gasteiger partial charge in [0.25, 0.3) is 0 Å². The summed E-state index contributed by atoms with van der Waals surface area (Å²) < 4.78 is 91.7. The Balaban J connectivity index is 2.74. The van der Waals surface area contributed by atoms with Gasteiger partial charge in [-0.25, -0.2) is 4.39 Å². The number of thiophene rings is 1. The van der Waals surface area contributed by atoms with Gasteiger partial charge in [0, 0.05) is 10.4 Å². The van der Waals surface area contributed by atoms with E-state index in [4.69, 9.17) is 0 Å². The topological polar surface area (TPSA) is 0 Å². The Kier molecular flexibility index (Phi) is 2.60. The van der Waals surface area contributed by atoms with Gasteiger partial charge in [0.1, 0.15) is 0 Å². The molecule has 0 nitrogen and oxygen atoms in total. The molecular weight excluding hydrogens is 285 g/mol. The van der Waals surface area contributed by atoms with Crippen molar-refractivity contribution in [2.75, 3.05) is 0 Å². The molecule has 1 aliphatic rings. The van der Waals surface area contributed by atoms with Crippen LogP contribution in [-0.2, 0) is 0 Å². The summed E-state index contributed by atoms with van der Waals surface area (Å²) in [4.78, 5) is 0.0633. The fourth-order valence-corrected chi connectivity index (χ4v) is 2.42. The lowest BCUT2D eigenvalue weighted by atomic mass is 10.0. The van der Waals surface area contributed by atoms with Crippen LogP contribution in [-0.4, -0.2) is 17.8 Å². The lowest BCUT2D eigenvalue weighted by Gasteiger charge is -2.24. The zero-order valence-electron chi connectivity index (χ0n) is 8.71. The smallest absolute Gasteiger partial charge is 0.204 e. The number of allylic oxidation sites excluding steroid dienone is 2. The summed E-state index contributed by atoms with van der Waals surface area (Å²) in [5.41, 5.74) is -2.53. The van der Waals surface area contributed by atoms with Crippen LogP contribution in [0.1, 0.15) is 10.4 Å². The van der Waals surface area contributed by atoms with Crippen molar-refractivity contribution >= 4 is 16.9 Å². The maximum absolute atomic E-state index is 13.4. The first-order valence-corrected chi connectivity index (χ1v) is 5.51. The van der Waals surface area contributed by atoms with Crippen molar-refractivity contribution in [3.8, 4) is 0 Å². The van der Waals surface area contributed by atoms with Crippen molar-refractivity contribution in [3.05, 3.63) is 27.7 Å². The Bertz CT molecular complexity index is 526. The molecule has 1 aromatic rings. The highest BCUT2D eigenvalue weighted by atomic mass is 32.1. The molecular formula is C10H5F7S. The van der Waals surface area contributed by atoms with Gasteiger partial charge in [0.15, 0.2) is 5.83 Å². The first kappa shape index (κ1) is 13.4. The zero-order chi connectivity index (χ0) is 13.9. The summed E-state index contributed by atoms with van der Waals surface area (Å²) in [6, 6.07) is 0.917. The van der Waals surface area contributed by atoms with E-state index in [-0.39, 0.29) is 4.88 Å². The van der Waals surface area contributed by atoms with Crippen LogP contribution in [0.5, 0.6) is 0 Å². The van der Waals surface area contributed by atoms with Crippen molar-refractivity contribution in [3.63, 3.8) is 0 Å². The normalized spacial score (nSPS) is 24.7. The summed E-state index contributed by atoms with van der Waals surface area (Å²) >= 11 is 0.870. The van der Waals surface area contributed by atoms with Gasteiger partial charge in [0.05, 0.1) is 5.57 Å². The summed E-state index contributed by atoms with van der Waals surface area (Å²) in [7, 11) is 0. The number of hydrogen-bond acceptors (Lipinski definition) is 1. The fraction of sp³-hybridized carbons (Fsp3) is 0.400. The Morgan fingerprint density at radius 1 is 1.00 bits per heavy atom. The molecule has 1 aromatic heterocycles. The summed E-state index contributed by atoms with van der Waals surface area (Å²) in [6.45, 7) is 1.25. The lowest BCUT2D eigenvalue weighted by molar-refractivity contribution is -0.263. The fourth-order valence-electron chi connectivity index (χ4n) is 1.72. The van der Waals surface area contributed by atoms with E-state index >= 15 is 0 Å². The van der Waals surface area contributed by atoms with Gasteiger partial charge in [-0.15, -0.1) is 11.3 Å². The second kappa shape index (κ2) is 3.49. The first-order valence-electron chi connectivity index (χ1n) is 4.63. The average molecular weight is 290 g/mol. The van der Waals surface area contributed by atoms with Crippen molar-refractivity contribution in [2.24, 2.45) is 0 Å². The largest absolute Gasteiger partial charge is 0.383 e. The highest BCUT2D eigenvalue weighted by Crippen LogP contribution is 2.62. The van der Waals surface area contributed by atoms with E-state index < -0.39 is 34.7 Å². The van der Waals surface area contributed by atoms with Crippen LogP contribution in [0.25, 0.3) is 5.57 Å². The van der Waals surface area contributed by atoms with Crippen LogP contribution in [0.15, 0.2) is 17.3 Å². The van der Waals surface area contributed by atoms with Gasteiger partial charge in [-0.1, -0.05) is 0 Å². The van der Waals surface area contributed by atoms with Crippen LogP contribution in [0.2, 0.25) is 0 Å². The molecule has 1 heterocycles. The minimum Gasteiger partial charge on any atom is -0.204 e. The molecule has 0 atom stereocenters. The van der Waals surface area contributed by atoms with E-state index in [9.17, 15) is 30.7 Å². The number of alkyl halides is 6. The Morgan fingerprint density at radius 3 is 1.89 bits per heavy atom. The third kappa shape index (κ3) is 1.32. The molecule has 0 radical (unpaired) electrons. The summed E-state index contributed by atoms with van der Waals surface area (Å²) in [5.74, 6) is -19.3. The molecule has 0 aliphatic heterocycles. The molecule has 0 N–H and O–H groups in total. The second-order valence-corrected chi connectivity index (χ2v) is 4.92. The van der Waals surface area contributed by atoms with Crippen molar-refractivity contribution in [2.45, 2.75) is 24.7 Å². The lowest BCUT2D eigenvalue weighted by Crippen LogP contribution is -2.48. The minimum atomic E-state index is -5.77. The van der Waals surface area contributed by atoms with Gasteiger partial charge in [-0.3, -0.25) is 0 Å². The van der Waals surface area contributed by atoms with Crippen LogP contribution in [0, 0.1) is 6.92 Å². The van der Waals surface area contributed by atoms with Gasteiger partial charge < -0.3 is 0 Å². The molecule has 0 saturated carbocycles. The van der Waals surface area contributed by atoms with Crippen LogP contribution in [0.4, 0.5) is 30.7 Å². The van der Waals surface area contributed by atoms with E-state index in [0.29, 0.717) is 0 Å². The van der Waals surface area contributed by atoms with Crippen LogP contribution in [0.3, 0.4) is 0 Å². The Labute approximate surface area is 101 Å². The molecule has 8 heteroatoms. The number of rotatable bonds is 1. The highest BCUT2D eigenvalue weighted by Gasteiger charge is 2.81. The molecule has 1 aliphatic carbocycles. The van der Waals surface area contributed by atoms with E-state index in [0.717, 1.165) is 17.4 Å². The molecule has 2 rings (SSSR count). The standard InChI is InChI=1S/C10H5F7S/c1-4-5(2-3-18-4)6-7(11)9(14,15)10(16,17)8(6,12)13/h2-3H,1H3. The molecule has 0 bridgehead atoms. The quantitative estimate of drug-likeness (QED) is 0.660. The molecule has 0 aromatic carbocycles. The number of hydrogen-bond donors (Lipinski definition) is 0. The predicted molar refractivity (Wildman–Crippen MR) is 51.9 cm³/mol. The minimum absolute atomic E-state index is 0.0633. The van der Waals surface area contributed by atoms with E-state index in [1.54, 1.807) is 0 Å². The Hall–Kier alpha value is -1.05. The maximum atomic E-state index is 13.4. The van der Waals surface area contributed by atoms with Gasteiger partial charge in [-0.2, -0.15) is 26.3 Å². The highest BCUT2D eigenvalue weighted by molar-refractivity contribution is 7.10. The van der Waals surface area contributed by atoms with Crippen LogP contribution >= 0.6 is 11.3 Å². The van der Waals surface area contributed by atoms with Gasteiger partial charge in [0.2, 0.25) is 0 Å². The van der Waals surface area contributed by atoms with Crippen LogP contribution < -0.4 is 0 Å². The molecule has 100 valence electrons. The second-order valence-electron chi connectivity index (χ2n) is 3.80. The average Bonchev–Trinajstić information content (AvgIpc) is 2.66. The zero-order valence-corrected chi connectivity index (χ0v) is 9.53. The third-order valence-corrected chi connectivity index (χ3v) is 3.57. The monoisotopic (exact) mass is 290 g/mol. The SMILES string of the molecule is Cc1sccc1C1=C(F)C(F)(F)C(F)(F)C1(F)F. The van der Waals surface area contributed by atoms with Gasteiger partial charge in [-0.05, 0) is 18.4 Å². The summed E-state index contributed by atoms with van der Waals surface area (Å²) in [6.07, 6.45) is 0. The third-order valence-electron chi connectivity index (χ3n) is 2.73. The number of halogens is 7. The molecule has 0 spiro atoms. The van der Waals surface area contributed by atoms with E-state index in [2.05, 4.69) is 0 Å². The first-order chi connectivity index (χ1) is 8.05. The molecule has 0 fully saturated rings. The molecule has 0 unspecified atom stereocenters. The van der Waals surface area contributed by atoms with Crippen molar-refractivity contribution in [1.29, 1.82) is 0 Å². The maximum Gasteiger partial charge on any atom is 0.383 e. The van der Waals surface area contributed by atoms with E-state index in [1.165, 1.54) is 12.3 Å². The van der Waals surface area contributed by atoms with Crippen molar-refractivity contribution < 1.29 is 30.7 Å². The molecule has 0 saturated heterocycles. The van der Waals surface area contributed by atoms with Gasteiger partial charge >= 0.3 is 17.8 Å².